The Labute approximate surface area is 122 Å². The summed E-state index contributed by atoms with van der Waals surface area (Å²) in [4.78, 5) is 13.1. The number of nitrogens with zero attached hydrogens (tertiary/aromatic N) is 4. The second-order valence-corrected chi connectivity index (χ2v) is 4.46. The van der Waals surface area contributed by atoms with Crippen LogP contribution in [0.1, 0.15) is 12.7 Å². The Balaban J connectivity index is 2.31. The minimum Gasteiger partial charge on any atom is -0.493 e. The van der Waals surface area contributed by atoms with Gasteiger partial charge >= 0.3 is 0 Å². The van der Waals surface area contributed by atoms with Crippen molar-refractivity contribution >= 4 is 10.9 Å². The number of methoxy groups -OCH3 is 2. The minimum atomic E-state index is 0.608. The van der Waals surface area contributed by atoms with Crippen molar-refractivity contribution < 1.29 is 9.47 Å². The topological polar surface area (TPSA) is 62.1 Å². The number of aromatic nitrogens is 4. The predicted molar refractivity (Wildman–Crippen MR) is 79.1 cm³/mol. The summed E-state index contributed by atoms with van der Waals surface area (Å²) in [5, 5.41) is 0.892. The van der Waals surface area contributed by atoms with Crippen molar-refractivity contribution in [3.63, 3.8) is 0 Å². The molecule has 21 heavy (non-hydrogen) atoms. The van der Waals surface area contributed by atoms with Gasteiger partial charge in [-0.3, -0.25) is 4.57 Å². The van der Waals surface area contributed by atoms with Crippen LogP contribution in [0.25, 0.3) is 16.7 Å². The van der Waals surface area contributed by atoms with E-state index in [1.54, 1.807) is 20.4 Å². The van der Waals surface area contributed by atoms with E-state index < -0.39 is 0 Å². The Morgan fingerprint density at radius 3 is 2.67 bits per heavy atom. The van der Waals surface area contributed by atoms with Crippen LogP contribution in [0.2, 0.25) is 0 Å². The SMILES string of the molecule is CCc1nccn1-c1ncnc2c(OC)c(OC)ccc12. The normalized spacial score (nSPS) is 10.8. The van der Waals surface area contributed by atoms with E-state index in [1.807, 2.05) is 22.9 Å². The van der Waals surface area contributed by atoms with Crippen LogP contribution in [0.4, 0.5) is 0 Å². The zero-order valence-electron chi connectivity index (χ0n) is 12.2. The first kappa shape index (κ1) is 13.4. The summed E-state index contributed by atoms with van der Waals surface area (Å²) in [5.74, 6) is 2.99. The van der Waals surface area contributed by atoms with Gasteiger partial charge in [-0.25, -0.2) is 15.0 Å². The highest BCUT2D eigenvalue weighted by Gasteiger charge is 2.15. The van der Waals surface area contributed by atoms with E-state index in [-0.39, 0.29) is 0 Å². The first-order valence-electron chi connectivity index (χ1n) is 6.68. The van der Waals surface area contributed by atoms with E-state index in [9.17, 15) is 0 Å². The fourth-order valence-electron chi connectivity index (χ4n) is 2.41. The highest BCUT2D eigenvalue weighted by Crippen LogP contribution is 2.35. The molecule has 3 aromatic rings. The molecule has 6 heteroatoms. The van der Waals surface area contributed by atoms with Gasteiger partial charge in [0.15, 0.2) is 11.5 Å². The summed E-state index contributed by atoms with van der Waals surface area (Å²) in [6, 6.07) is 3.79. The molecule has 6 nitrogen and oxygen atoms in total. The quantitative estimate of drug-likeness (QED) is 0.736. The number of fused-ring (bicyclic) bond motifs is 1. The molecule has 1 aromatic carbocycles. The average molecular weight is 284 g/mol. The van der Waals surface area contributed by atoms with Gasteiger partial charge < -0.3 is 9.47 Å². The van der Waals surface area contributed by atoms with Crippen LogP contribution >= 0.6 is 0 Å². The number of ether oxygens (including phenoxy) is 2. The third kappa shape index (κ3) is 2.08. The van der Waals surface area contributed by atoms with Gasteiger partial charge in [-0.15, -0.1) is 0 Å². The van der Waals surface area contributed by atoms with Crippen LogP contribution in [0, 0.1) is 0 Å². The van der Waals surface area contributed by atoms with Gasteiger partial charge in [0.1, 0.15) is 23.5 Å². The monoisotopic (exact) mass is 284 g/mol. The fourth-order valence-corrected chi connectivity index (χ4v) is 2.41. The van der Waals surface area contributed by atoms with Crippen molar-refractivity contribution in [2.24, 2.45) is 0 Å². The summed E-state index contributed by atoms with van der Waals surface area (Å²) in [6.45, 7) is 2.06. The maximum atomic E-state index is 5.44. The van der Waals surface area contributed by atoms with Crippen LogP contribution < -0.4 is 9.47 Å². The number of imidazole rings is 1. The second-order valence-electron chi connectivity index (χ2n) is 4.46. The van der Waals surface area contributed by atoms with E-state index in [0.717, 1.165) is 29.0 Å². The van der Waals surface area contributed by atoms with Crippen molar-refractivity contribution in [1.82, 2.24) is 19.5 Å². The molecule has 2 heterocycles. The highest BCUT2D eigenvalue weighted by molar-refractivity contribution is 5.92. The Morgan fingerprint density at radius 1 is 1.10 bits per heavy atom. The van der Waals surface area contributed by atoms with Gasteiger partial charge in [0.25, 0.3) is 0 Å². The van der Waals surface area contributed by atoms with Crippen LogP contribution in [0.3, 0.4) is 0 Å². The lowest BCUT2D eigenvalue weighted by Crippen LogP contribution is -2.04. The lowest BCUT2D eigenvalue weighted by atomic mass is 10.2. The summed E-state index contributed by atoms with van der Waals surface area (Å²) >= 11 is 0. The fraction of sp³-hybridized carbons (Fsp3) is 0.267. The predicted octanol–water partition coefficient (Wildman–Crippen LogP) is 2.40. The summed E-state index contributed by atoms with van der Waals surface area (Å²) in [5.41, 5.74) is 0.720. The molecule has 0 unspecified atom stereocenters. The average Bonchev–Trinajstić information content (AvgIpc) is 3.01. The molecule has 0 spiro atoms. The molecule has 0 radical (unpaired) electrons. The number of rotatable bonds is 4. The number of hydrogen-bond donors (Lipinski definition) is 0. The van der Waals surface area contributed by atoms with Crippen LogP contribution in [-0.2, 0) is 6.42 Å². The largest absolute Gasteiger partial charge is 0.493 e. The van der Waals surface area contributed by atoms with E-state index in [1.165, 1.54) is 6.33 Å². The molecule has 0 saturated carbocycles. The lowest BCUT2D eigenvalue weighted by Gasteiger charge is -2.13. The molecule has 0 amide bonds. The maximum Gasteiger partial charge on any atom is 0.187 e. The summed E-state index contributed by atoms with van der Waals surface area (Å²) in [7, 11) is 3.21. The summed E-state index contributed by atoms with van der Waals surface area (Å²) < 4.78 is 12.7. The molecule has 0 N–H and O–H groups in total. The van der Waals surface area contributed by atoms with Gasteiger partial charge in [0.2, 0.25) is 0 Å². The third-order valence-corrected chi connectivity index (χ3v) is 3.39. The molecular weight excluding hydrogens is 268 g/mol. The zero-order chi connectivity index (χ0) is 14.8. The molecular formula is C15H16N4O2. The number of benzene rings is 1. The first-order chi connectivity index (χ1) is 10.3. The smallest absolute Gasteiger partial charge is 0.187 e. The van der Waals surface area contributed by atoms with E-state index in [2.05, 4.69) is 21.9 Å². The standard InChI is InChI=1S/C15H16N4O2/c1-4-12-16-7-8-19(12)15-10-5-6-11(20-2)14(21-3)13(10)17-9-18-15/h5-9H,4H2,1-3H3. The van der Waals surface area contributed by atoms with Crippen molar-refractivity contribution in [1.29, 1.82) is 0 Å². The lowest BCUT2D eigenvalue weighted by molar-refractivity contribution is 0.358. The number of aryl methyl sites for hydroxylation is 1. The molecule has 0 fully saturated rings. The van der Waals surface area contributed by atoms with E-state index in [4.69, 9.17) is 9.47 Å². The minimum absolute atomic E-state index is 0.608. The molecule has 108 valence electrons. The van der Waals surface area contributed by atoms with Gasteiger partial charge in [-0.2, -0.15) is 0 Å². The Morgan fingerprint density at radius 2 is 1.95 bits per heavy atom. The van der Waals surface area contributed by atoms with Crippen LogP contribution in [-0.4, -0.2) is 33.7 Å². The van der Waals surface area contributed by atoms with E-state index >= 15 is 0 Å². The van der Waals surface area contributed by atoms with Gasteiger partial charge in [0, 0.05) is 24.2 Å². The van der Waals surface area contributed by atoms with Crippen molar-refractivity contribution in [3.05, 3.63) is 36.7 Å². The highest BCUT2D eigenvalue weighted by atomic mass is 16.5. The van der Waals surface area contributed by atoms with Crippen molar-refractivity contribution in [2.75, 3.05) is 14.2 Å². The van der Waals surface area contributed by atoms with Crippen molar-refractivity contribution in [2.45, 2.75) is 13.3 Å². The molecule has 0 aliphatic carbocycles. The van der Waals surface area contributed by atoms with Crippen molar-refractivity contribution in [3.8, 4) is 17.3 Å². The van der Waals surface area contributed by atoms with Crippen LogP contribution in [0.15, 0.2) is 30.9 Å². The third-order valence-electron chi connectivity index (χ3n) is 3.39. The van der Waals surface area contributed by atoms with Crippen LogP contribution in [0.5, 0.6) is 11.5 Å². The molecule has 3 rings (SSSR count). The molecule has 0 atom stereocenters. The maximum absolute atomic E-state index is 5.44. The molecule has 0 bridgehead atoms. The number of hydrogen-bond acceptors (Lipinski definition) is 5. The molecule has 0 aliphatic rings. The first-order valence-corrected chi connectivity index (χ1v) is 6.68. The Bertz CT molecular complexity index is 782. The molecule has 2 aromatic heterocycles. The van der Waals surface area contributed by atoms with Gasteiger partial charge in [-0.1, -0.05) is 6.92 Å². The second kappa shape index (κ2) is 5.40. The van der Waals surface area contributed by atoms with E-state index in [0.29, 0.717) is 11.5 Å². The summed E-state index contributed by atoms with van der Waals surface area (Å²) in [6.07, 6.45) is 6.02. The Kier molecular flexibility index (Phi) is 3.43. The molecule has 0 saturated heterocycles. The molecule has 0 aliphatic heterocycles. The zero-order valence-corrected chi connectivity index (χ0v) is 12.2. The van der Waals surface area contributed by atoms with Gasteiger partial charge in [-0.05, 0) is 12.1 Å². The van der Waals surface area contributed by atoms with Gasteiger partial charge in [0.05, 0.1) is 14.2 Å². The Hall–Kier alpha value is -2.63.